The van der Waals surface area contributed by atoms with Gasteiger partial charge < -0.3 is 10.2 Å². The Morgan fingerprint density at radius 3 is 2.94 bits per heavy atom. The van der Waals surface area contributed by atoms with E-state index in [1.54, 1.807) is 6.20 Å². The highest BCUT2D eigenvalue weighted by atomic mass is 15.1. The zero-order valence-electron chi connectivity index (χ0n) is 10.1. The predicted molar refractivity (Wildman–Crippen MR) is 63.8 cm³/mol. The fourth-order valence-corrected chi connectivity index (χ4v) is 1.55. The van der Waals surface area contributed by atoms with Crippen molar-refractivity contribution < 1.29 is 0 Å². The van der Waals surface area contributed by atoms with Gasteiger partial charge in [-0.25, -0.2) is 4.98 Å². The van der Waals surface area contributed by atoms with Gasteiger partial charge in [0, 0.05) is 25.3 Å². The fourth-order valence-electron chi connectivity index (χ4n) is 1.55. The van der Waals surface area contributed by atoms with Gasteiger partial charge >= 0.3 is 0 Å². The highest BCUT2D eigenvalue weighted by Crippen LogP contribution is 2.01. The standard InChI is InChI=1S/C12H18N4/c1-10(9-16(2)3)15-8-11-4-5-14-12(6-11)7-13/h4-6,10,15H,8-9H2,1-3H3. The number of nitrogens with one attached hydrogen (secondary N) is 1. The molecule has 0 aromatic carbocycles. The molecule has 0 aliphatic heterocycles. The van der Waals surface area contributed by atoms with Gasteiger partial charge in [0.1, 0.15) is 11.8 Å². The van der Waals surface area contributed by atoms with Crippen molar-refractivity contribution in [3.63, 3.8) is 0 Å². The summed E-state index contributed by atoms with van der Waals surface area (Å²) in [5.41, 5.74) is 1.57. The lowest BCUT2D eigenvalue weighted by molar-refractivity contribution is 0.349. The van der Waals surface area contributed by atoms with E-state index < -0.39 is 0 Å². The van der Waals surface area contributed by atoms with Crippen LogP contribution in [0.25, 0.3) is 0 Å². The molecule has 0 radical (unpaired) electrons. The van der Waals surface area contributed by atoms with Crippen molar-refractivity contribution in [3.05, 3.63) is 29.6 Å². The highest BCUT2D eigenvalue weighted by Gasteiger charge is 2.03. The number of hydrogen-bond donors (Lipinski definition) is 1. The maximum atomic E-state index is 8.72. The molecule has 0 amide bonds. The van der Waals surface area contributed by atoms with Crippen LogP contribution in [0.2, 0.25) is 0 Å². The zero-order valence-corrected chi connectivity index (χ0v) is 10.1. The third-order valence-corrected chi connectivity index (χ3v) is 2.23. The van der Waals surface area contributed by atoms with Crippen LogP contribution in [0.4, 0.5) is 0 Å². The smallest absolute Gasteiger partial charge is 0.140 e. The van der Waals surface area contributed by atoms with Gasteiger partial charge in [0.25, 0.3) is 0 Å². The SMILES string of the molecule is CC(CN(C)C)NCc1ccnc(C#N)c1. The number of aromatic nitrogens is 1. The lowest BCUT2D eigenvalue weighted by Crippen LogP contribution is -2.35. The molecule has 1 N–H and O–H groups in total. The summed E-state index contributed by atoms with van der Waals surface area (Å²) in [7, 11) is 4.11. The number of likely N-dealkylation sites (N-methyl/N-ethyl adjacent to an activating group) is 1. The lowest BCUT2D eigenvalue weighted by Gasteiger charge is -2.18. The zero-order chi connectivity index (χ0) is 12.0. The monoisotopic (exact) mass is 218 g/mol. The van der Waals surface area contributed by atoms with E-state index in [1.165, 1.54) is 0 Å². The fraction of sp³-hybridized carbons (Fsp3) is 0.500. The van der Waals surface area contributed by atoms with Gasteiger partial charge in [0.2, 0.25) is 0 Å². The van der Waals surface area contributed by atoms with E-state index in [0.717, 1.165) is 18.7 Å². The third-order valence-electron chi connectivity index (χ3n) is 2.23. The van der Waals surface area contributed by atoms with Crippen molar-refractivity contribution in [2.75, 3.05) is 20.6 Å². The number of hydrogen-bond acceptors (Lipinski definition) is 4. The number of nitrogens with zero attached hydrogens (tertiary/aromatic N) is 3. The second-order valence-electron chi connectivity index (χ2n) is 4.21. The minimum absolute atomic E-state index is 0.425. The van der Waals surface area contributed by atoms with E-state index >= 15 is 0 Å². The van der Waals surface area contributed by atoms with E-state index in [9.17, 15) is 0 Å². The van der Waals surface area contributed by atoms with Crippen molar-refractivity contribution in [1.82, 2.24) is 15.2 Å². The molecule has 4 nitrogen and oxygen atoms in total. The average Bonchev–Trinajstić information content (AvgIpc) is 2.26. The van der Waals surface area contributed by atoms with Crippen molar-refractivity contribution >= 4 is 0 Å². The summed E-state index contributed by atoms with van der Waals surface area (Å²) in [4.78, 5) is 6.08. The first kappa shape index (κ1) is 12.6. The molecule has 0 aliphatic rings. The summed E-state index contributed by atoms with van der Waals surface area (Å²) < 4.78 is 0. The number of nitriles is 1. The van der Waals surface area contributed by atoms with E-state index in [2.05, 4.69) is 36.2 Å². The number of rotatable bonds is 5. The summed E-state index contributed by atoms with van der Waals surface area (Å²) in [6, 6.07) is 6.21. The molecule has 4 heteroatoms. The normalized spacial score (nSPS) is 12.4. The Kier molecular flexibility index (Phi) is 4.90. The Hall–Kier alpha value is -1.44. The lowest BCUT2D eigenvalue weighted by atomic mass is 10.2. The minimum atomic E-state index is 0.425. The van der Waals surface area contributed by atoms with Crippen LogP contribution in [0.3, 0.4) is 0 Å². The molecule has 1 heterocycles. The van der Waals surface area contributed by atoms with Crippen LogP contribution in [0, 0.1) is 11.3 Å². The maximum absolute atomic E-state index is 8.72. The average molecular weight is 218 g/mol. The van der Waals surface area contributed by atoms with Crippen molar-refractivity contribution in [3.8, 4) is 6.07 Å². The largest absolute Gasteiger partial charge is 0.309 e. The van der Waals surface area contributed by atoms with Crippen molar-refractivity contribution in [1.29, 1.82) is 5.26 Å². The molecule has 0 saturated heterocycles. The second kappa shape index (κ2) is 6.21. The highest BCUT2D eigenvalue weighted by molar-refractivity contribution is 5.25. The summed E-state index contributed by atoms with van der Waals surface area (Å²) in [6.45, 7) is 3.91. The van der Waals surface area contributed by atoms with Crippen LogP contribution in [0.5, 0.6) is 0 Å². The molecule has 86 valence electrons. The molecule has 1 rings (SSSR count). The molecular formula is C12H18N4. The third kappa shape index (κ3) is 4.39. The molecule has 0 bridgehead atoms. The first-order valence-electron chi connectivity index (χ1n) is 5.35. The van der Waals surface area contributed by atoms with E-state index in [-0.39, 0.29) is 0 Å². The van der Waals surface area contributed by atoms with E-state index in [1.807, 2.05) is 18.2 Å². The van der Waals surface area contributed by atoms with Gasteiger partial charge in [0.15, 0.2) is 0 Å². The van der Waals surface area contributed by atoms with E-state index in [0.29, 0.717) is 11.7 Å². The van der Waals surface area contributed by atoms with Crippen LogP contribution < -0.4 is 5.32 Å². The Labute approximate surface area is 96.9 Å². The van der Waals surface area contributed by atoms with Crippen molar-refractivity contribution in [2.45, 2.75) is 19.5 Å². The van der Waals surface area contributed by atoms with Crippen LogP contribution in [0.1, 0.15) is 18.2 Å². The molecule has 0 fully saturated rings. The summed E-state index contributed by atoms with van der Waals surface area (Å²) in [5, 5.41) is 12.1. The van der Waals surface area contributed by atoms with Gasteiger partial charge in [-0.2, -0.15) is 5.26 Å². The first-order chi connectivity index (χ1) is 7.61. The predicted octanol–water partition coefficient (Wildman–Crippen LogP) is 0.993. The second-order valence-corrected chi connectivity index (χ2v) is 4.21. The molecule has 1 aromatic rings. The Morgan fingerprint density at radius 2 is 2.31 bits per heavy atom. The topological polar surface area (TPSA) is 52.0 Å². The quantitative estimate of drug-likeness (QED) is 0.801. The summed E-state index contributed by atoms with van der Waals surface area (Å²) >= 11 is 0. The van der Waals surface area contributed by atoms with Gasteiger partial charge in [0.05, 0.1) is 0 Å². The molecule has 1 unspecified atom stereocenters. The minimum Gasteiger partial charge on any atom is -0.309 e. The van der Waals surface area contributed by atoms with Crippen LogP contribution in [-0.2, 0) is 6.54 Å². The Morgan fingerprint density at radius 1 is 1.56 bits per heavy atom. The molecule has 0 saturated carbocycles. The molecular weight excluding hydrogens is 200 g/mol. The molecule has 1 aromatic heterocycles. The molecule has 0 spiro atoms. The van der Waals surface area contributed by atoms with Crippen LogP contribution >= 0.6 is 0 Å². The van der Waals surface area contributed by atoms with Gasteiger partial charge in [-0.3, -0.25) is 0 Å². The molecule has 1 atom stereocenters. The van der Waals surface area contributed by atoms with Gasteiger partial charge in [-0.15, -0.1) is 0 Å². The van der Waals surface area contributed by atoms with Crippen LogP contribution in [-0.4, -0.2) is 36.6 Å². The number of pyridine rings is 1. The molecule has 0 aliphatic carbocycles. The van der Waals surface area contributed by atoms with Crippen LogP contribution in [0.15, 0.2) is 18.3 Å². The summed E-state index contributed by atoms with van der Waals surface area (Å²) in [6.07, 6.45) is 1.67. The van der Waals surface area contributed by atoms with Gasteiger partial charge in [-0.05, 0) is 38.7 Å². The maximum Gasteiger partial charge on any atom is 0.140 e. The van der Waals surface area contributed by atoms with E-state index in [4.69, 9.17) is 5.26 Å². The van der Waals surface area contributed by atoms with Crippen molar-refractivity contribution in [2.24, 2.45) is 0 Å². The summed E-state index contributed by atoms with van der Waals surface area (Å²) in [5.74, 6) is 0. The molecule has 16 heavy (non-hydrogen) atoms. The Balaban J connectivity index is 2.45. The first-order valence-corrected chi connectivity index (χ1v) is 5.35. The Bertz CT molecular complexity index is 368. The van der Waals surface area contributed by atoms with Gasteiger partial charge in [-0.1, -0.05) is 0 Å².